The van der Waals surface area contributed by atoms with Gasteiger partial charge in [-0.2, -0.15) is 0 Å². The summed E-state index contributed by atoms with van der Waals surface area (Å²) in [6.45, 7) is 2.66. The number of benzene rings is 2. The topological polar surface area (TPSA) is 29.1 Å². The molecular weight excluding hydrogens is 286 g/mol. The van der Waals surface area contributed by atoms with E-state index in [1.54, 1.807) is 6.92 Å². The van der Waals surface area contributed by atoms with Crippen LogP contribution in [0.4, 0.5) is 28.9 Å². The normalized spacial score (nSPS) is 10.6. The highest BCUT2D eigenvalue weighted by Gasteiger charge is 2.22. The van der Waals surface area contributed by atoms with Crippen LogP contribution >= 0.6 is 0 Å². The predicted octanol–water partition coefficient (Wildman–Crippen LogP) is 4.50. The van der Waals surface area contributed by atoms with Crippen molar-refractivity contribution in [2.24, 2.45) is 0 Å². The summed E-state index contributed by atoms with van der Waals surface area (Å²) in [6.07, 6.45) is 0. The number of anilines is 2. The molecule has 0 aliphatic rings. The van der Waals surface area contributed by atoms with Crippen molar-refractivity contribution in [3.63, 3.8) is 0 Å². The van der Waals surface area contributed by atoms with Gasteiger partial charge in [0.2, 0.25) is 0 Å². The molecule has 2 rings (SSSR count). The van der Waals surface area contributed by atoms with E-state index in [1.807, 2.05) is 0 Å². The summed E-state index contributed by atoms with van der Waals surface area (Å²) in [5, 5.41) is 2.25. The molecule has 0 bridgehead atoms. The number of carbonyl (C=O) groups is 1. The van der Waals surface area contributed by atoms with E-state index in [1.165, 1.54) is 18.2 Å². The first-order valence-corrected chi connectivity index (χ1v) is 6.03. The molecule has 0 heterocycles. The third kappa shape index (κ3) is 2.89. The van der Waals surface area contributed by atoms with E-state index < -0.39 is 40.3 Å². The fourth-order valence-electron chi connectivity index (χ4n) is 1.91. The average Bonchev–Trinajstić information content (AvgIpc) is 2.38. The molecule has 0 atom stereocenters. The highest BCUT2D eigenvalue weighted by Crippen LogP contribution is 2.30. The zero-order chi connectivity index (χ0) is 15.7. The monoisotopic (exact) mass is 297 g/mol. The Bertz CT molecular complexity index is 728. The van der Waals surface area contributed by atoms with Crippen LogP contribution in [0.2, 0.25) is 0 Å². The minimum absolute atomic E-state index is 0.188. The lowest BCUT2D eigenvalue weighted by molar-refractivity contribution is 0.101. The first-order valence-electron chi connectivity index (χ1n) is 6.03. The summed E-state index contributed by atoms with van der Waals surface area (Å²) >= 11 is 0. The summed E-state index contributed by atoms with van der Waals surface area (Å²) in [5.74, 6) is -5.65. The Morgan fingerprint density at radius 2 is 1.67 bits per heavy atom. The molecule has 0 aliphatic heterocycles. The number of aryl methyl sites for hydroxylation is 1. The highest BCUT2D eigenvalue weighted by atomic mass is 19.2. The largest absolute Gasteiger partial charge is 0.350 e. The maximum atomic E-state index is 13.8. The molecule has 6 heteroatoms. The molecule has 0 saturated carbocycles. The average molecular weight is 297 g/mol. The fraction of sp³-hybridized carbons (Fsp3) is 0.133. The van der Waals surface area contributed by atoms with Gasteiger partial charge in [0.25, 0.3) is 0 Å². The van der Waals surface area contributed by atoms with Crippen LogP contribution in [0.5, 0.6) is 0 Å². The molecule has 0 aliphatic carbocycles. The van der Waals surface area contributed by atoms with E-state index >= 15 is 0 Å². The number of rotatable bonds is 3. The van der Waals surface area contributed by atoms with Crippen LogP contribution in [-0.2, 0) is 0 Å². The third-order valence-electron chi connectivity index (χ3n) is 2.91. The molecular formula is C15H11F4NO. The number of hydrogen-bond donors (Lipinski definition) is 1. The van der Waals surface area contributed by atoms with Crippen molar-refractivity contribution >= 4 is 17.2 Å². The van der Waals surface area contributed by atoms with Crippen molar-refractivity contribution < 1.29 is 22.4 Å². The molecule has 2 aromatic carbocycles. The van der Waals surface area contributed by atoms with Crippen LogP contribution in [0.25, 0.3) is 0 Å². The Labute approximate surface area is 118 Å². The first-order chi connectivity index (χ1) is 9.81. The second-order valence-electron chi connectivity index (χ2n) is 4.57. The number of hydrogen-bond acceptors (Lipinski definition) is 2. The minimum atomic E-state index is -1.47. The molecule has 0 amide bonds. The van der Waals surface area contributed by atoms with Gasteiger partial charge in [-0.15, -0.1) is 0 Å². The van der Waals surface area contributed by atoms with Gasteiger partial charge in [-0.05, 0) is 31.5 Å². The third-order valence-corrected chi connectivity index (χ3v) is 2.91. The van der Waals surface area contributed by atoms with Gasteiger partial charge in [0, 0.05) is 6.07 Å². The van der Waals surface area contributed by atoms with Gasteiger partial charge in [-0.25, -0.2) is 17.6 Å². The van der Waals surface area contributed by atoms with Gasteiger partial charge in [0.05, 0.1) is 16.9 Å². The Balaban J connectivity index is 2.60. The molecule has 0 fully saturated rings. The number of halogens is 4. The predicted molar refractivity (Wildman–Crippen MR) is 70.7 cm³/mol. The smallest absolute Gasteiger partial charge is 0.183 e. The number of nitrogens with one attached hydrogen (secondary N) is 1. The summed E-state index contributed by atoms with van der Waals surface area (Å²) < 4.78 is 54.5. The summed E-state index contributed by atoms with van der Waals surface area (Å²) in [6, 6.07) is 4.27. The van der Waals surface area contributed by atoms with E-state index in [0.29, 0.717) is 5.56 Å². The second-order valence-corrected chi connectivity index (χ2v) is 4.57. The van der Waals surface area contributed by atoms with E-state index in [2.05, 4.69) is 5.32 Å². The molecule has 21 heavy (non-hydrogen) atoms. The van der Waals surface area contributed by atoms with Gasteiger partial charge >= 0.3 is 0 Å². The quantitative estimate of drug-likeness (QED) is 0.513. The van der Waals surface area contributed by atoms with Crippen LogP contribution in [0, 0.1) is 30.2 Å². The second kappa shape index (κ2) is 5.55. The van der Waals surface area contributed by atoms with Crippen LogP contribution in [0.1, 0.15) is 22.8 Å². The van der Waals surface area contributed by atoms with Crippen molar-refractivity contribution in [2.75, 3.05) is 5.32 Å². The Kier molecular flexibility index (Phi) is 3.97. The highest BCUT2D eigenvalue weighted by molar-refractivity contribution is 6.00. The molecule has 2 nitrogen and oxygen atoms in total. The molecule has 0 unspecified atom stereocenters. The molecule has 0 radical (unpaired) electrons. The van der Waals surface area contributed by atoms with E-state index in [9.17, 15) is 22.4 Å². The zero-order valence-corrected chi connectivity index (χ0v) is 11.2. The van der Waals surface area contributed by atoms with Crippen LogP contribution < -0.4 is 5.32 Å². The molecule has 0 spiro atoms. The lowest BCUT2D eigenvalue weighted by atomic mass is 10.1. The molecule has 0 aromatic heterocycles. The van der Waals surface area contributed by atoms with Gasteiger partial charge in [0.1, 0.15) is 11.6 Å². The van der Waals surface area contributed by atoms with Crippen LogP contribution in [-0.4, -0.2) is 5.78 Å². The number of Topliss-reactive ketones (excluding diaryl/α,β-unsaturated/α-hetero) is 1. The molecule has 2 aromatic rings. The van der Waals surface area contributed by atoms with E-state index in [4.69, 9.17) is 0 Å². The summed E-state index contributed by atoms with van der Waals surface area (Å²) in [5.41, 5.74) is -0.945. The molecule has 0 saturated heterocycles. The standard InChI is InChI=1S/C15H11F4NO/c1-7-3-4-12(9(16)5-7)20-15-13(8(2)21)10(17)6-11(18)14(15)19/h3-6,20H,1-2H3. The van der Waals surface area contributed by atoms with Gasteiger partial charge in [-0.1, -0.05) is 6.07 Å². The Morgan fingerprint density at radius 3 is 2.24 bits per heavy atom. The van der Waals surface area contributed by atoms with Gasteiger partial charge in [-0.3, -0.25) is 4.79 Å². The summed E-state index contributed by atoms with van der Waals surface area (Å²) in [4.78, 5) is 11.4. The Hall–Kier alpha value is -2.37. The lowest BCUT2D eigenvalue weighted by Crippen LogP contribution is -2.09. The number of carbonyl (C=O) groups excluding carboxylic acids is 1. The molecule has 110 valence electrons. The van der Waals surface area contributed by atoms with Crippen molar-refractivity contribution in [3.8, 4) is 0 Å². The van der Waals surface area contributed by atoms with Crippen molar-refractivity contribution in [3.05, 3.63) is 58.7 Å². The summed E-state index contributed by atoms with van der Waals surface area (Å²) in [7, 11) is 0. The van der Waals surface area contributed by atoms with Crippen LogP contribution in [0.15, 0.2) is 24.3 Å². The van der Waals surface area contributed by atoms with Gasteiger partial charge < -0.3 is 5.32 Å². The fourth-order valence-corrected chi connectivity index (χ4v) is 1.91. The van der Waals surface area contributed by atoms with Gasteiger partial charge in [0.15, 0.2) is 17.4 Å². The first kappa shape index (κ1) is 15.0. The maximum Gasteiger partial charge on any atom is 0.183 e. The Morgan fingerprint density at radius 1 is 1.00 bits per heavy atom. The number of ketones is 1. The SMILES string of the molecule is CC(=O)c1c(F)cc(F)c(F)c1Nc1ccc(C)cc1F. The van der Waals surface area contributed by atoms with E-state index in [-0.39, 0.29) is 11.8 Å². The van der Waals surface area contributed by atoms with Crippen molar-refractivity contribution in [1.82, 2.24) is 0 Å². The van der Waals surface area contributed by atoms with Crippen molar-refractivity contribution in [2.45, 2.75) is 13.8 Å². The van der Waals surface area contributed by atoms with E-state index in [0.717, 1.165) is 6.92 Å². The van der Waals surface area contributed by atoms with Crippen LogP contribution in [0.3, 0.4) is 0 Å². The lowest BCUT2D eigenvalue weighted by Gasteiger charge is -2.13. The minimum Gasteiger partial charge on any atom is -0.350 e. The van der Waals surface area contributed by atoms with Crippen molar-refractivity contribution in [1.29, 1.82) is 0 Å². The maximum absolute atomic E-state index is 13.8. The zero-order valence-electron chi connectivity index (χ0n) is 11.2. The molecule has 1 N–H and O–H groups in total.